The molecule has 0 spiro atoms. The van der Waals surface area contributed by atoms with Gasteiger partial charge in [-0.05, 0) is 49.4 Å². The van der Waals surface area contributed by atoms with Gasteiger partial charge >= 0.3 is 39.5 Å². The van der Waals surface area contributed by atoms with Crippen molar-refractivity contribution in [1.82, 2.24) is 0 Å². The predicted octanol–water partition coefficient (Wildman–Crippen LogP) is 19.7. The minimum Gasteiger partial charge on any atom is -0.462 e. The second kappa shape index (κ2) is 59.8. The number of unbranched alkanes of at least 4 members (excludes halogenated alkanes) is 32. The molecule has 0 aliphatic rings. The van der Waals surface area contributed by atoms with Gasteiger partial charge in [-0.1, -0.05) is 293 Å². The van der Waals surface area contributed by atoms with E-state index in [-0.39, 0.29) is 25.7 Å². The standard InChI is InChI=1S/C70H136O17P2/c1-9-63(8)49-41-33-27-29-35-43-51-68(73)81-57-66(87-70(75)53-45-37-25-21-17-16-19-23-31-39-47-61(4)5)59-85-89(78,79)83-55-64(71)54-82-88(76,77)84-58-65(56-80-67(72)50-42-34-28-26-32-40-48-62(6)7)86-69(74)52-44-36-24-20-15-13-11-10-12-14-18-22-30-38-46-60(2)3/h60-66,71H,9-59H2,1-8H3,(H,76,77)(H,78,79)/t63?,64-,65+,66+/m0/s1. The molecule has 0 heterocycles. The molecule has 528 valence electrons. The SMILES string of the molecule is CCC(C)CCCCCCCCC(=O)OC[C@H](COP(=O)(O)OC[C@@H](O)COP(=O)(O)OC[C@@H](COC(=O)CCCCCCCCC(C)C)OC(=O)CCCCCCCCCCCCCCCCC(C)C)OC(=O)CCCCCCCCCCCCC(C)C. The summed E-state index contributed by atoms with van der Waals surface area (Å²) in [7, 11) is -9.90. The van der Waals surface area contributed by atoms with Crippen LogP contribution < -0.4 is 0 Å². The molecule has 0 aromatic heterocycles. The van der Waals surface area contributed by atoms with Crippen LogP contribution in [0.3, 0.4) is 0 Å². The highest BCUT2D eigenvalue weighted by atomic mass is 31.2. The zero-order valence-electron chi connectivity index (χ0n) is 58.1. The summed E-state index contributed by atoms with van der Waals surface area (Å²) in [5.41, 5.74) is 0. The maximum atomic E-state index is 13.0. The topological polar surface area (TPSA) is 237 Å². The molecule has 6 atom stereocenters. The Morgan fingerprint density at radius 1 is 0.315 bits per heavy atom. The van der Waals surface area contributed by atoms with Crippen LogP contribution >= 0.6 is 15.6 Å². The maximum absolute atomic E-state index is 13.0. The smallest absolute Gasteiger partial charge is 0.462 e. The molecule has 0 aliphatic heterocycles. The Morgan fingerprint density at radius 3 is 0.798 bits per heavy atom. The number of phosphoric ester groups is 2. The number of aliphatic hydroxyl groups is 1. The molecule has 0 amide bonds. The third kappa shape index (κ3) is 63.2. The first kappa shape index (κ1) is 87.1. The van der Waals surface area contributed by atoms with Gasteiger partial charge in [0.25, 0.3) is 0 Å². The van der Waals surface area contributed by atoms with E-state index >= 15 is 0 Å². The van der Waals surface area contributed by atoms with Crippen LogP contribution in [0.5, 0.6) is 0 Å². The summed E-state index contributed by atoms with van der Waals surface area (Å²) in [6.07, 6.45) is 41.9. The second-order valence-corrected chi connectivity index (χ2v) is 29.8. The summed E-state index contributed by atoms with van der Waals surface area (Å²) in [5, 5.41) is 10.6. The molecule has 0 saturated heterocycles. The minimum atomic E-state index is -4.95. The first-order valence-electron chi connectivity index (χ1n) is 36.2. The number of aliphatic hydroxyl groups excluding tert-OH is 1. The molecule has 0 radical (unpaired) electrons. The van der Waals surface area contributed by atoms with Gasteiger partial charge in [0.2, 0.25) is 0 Å². The van der Waals surface area contributed by atoms with Crippen molar-refractivity contribution < 1.29 is 80.2 Å². The van der Waals surface area contributed by atoms with Crippen LogP contribution in [0.15, 0.2) is 0 Å². The fourth-order valence-electron chi connectivity index (χ4n) is 10.5. The van der Waals surface area contributed by atoms with Gasteiger partial charge in [0.1, 0.15) is 19.3 Å². The molecule has 0 bridgehead atoms. The van der Waals surface area contributed by atoms with Crippen LogP contribution in [0.1, 0.15) is 344 Å². The van der Waals surface area contributed by atoms with E-state index in [0.717, 1.165) is 120 Å². The molecular formula is C70H136O17P2. The molecule has 0 aromatic carbocycles. The highest BCUT2D eigenvalue weighted by Gasteiger charge is 2.30. The fraction of sp³-hybridized carbons (Fsp3) is 0.943. The molecule has 0 aliphatic carbocycles. The summed E-state index contributed by atoms with van der Waals surface area (Å²) in [6.45, 7) is 14.0. The van der Waals surface area contributed by atoms with Crippen LogP contribution in [-0.2, 0) is 65.4 Å². The quantitative estimate of drug-likeness (QED) is 0.0222. The Bertz CT molecular complexity index is 1770. The van der Waals surface area contributed by atoms with Gasteiger partial charge in [0.15, 0.2) is 12.2 Å². The molecule has 0 rings (SSSR count). The van der Waals surface area contributed by atoms with Gasteiger partial charge in [-0.3, -0.25) is 37.3 Å². The molecule has 0 saturated carbocycles. The number of phosphoric acid groups is 2. The average Bonchev–Trinajstić information content (AvgIpc) is 3.54. The van der Waals surface area contributed by atoms with Gasteiger partial charge in [-0.15, -0.1) is 0 Å². The first-order valence-corrected chi connectivity index (χ1v) is 39.2. The summed E-state index contributed by atoms with van der Waals surface area (Å²) in [5.74, 6) is 0.825. The molecule has 17 nitrogen and oxygen atoms in total. The predicted molar refractivity (Wildman–Crippen MR) is 358 cm³/mol. The Hall–Kier alpha value is -1.94. The molecule has 3 unspecified atom stereocenters. The fourth-order valence-corrected chi connectivity index (χ4v) is 12.0. The zero-order valence-corrected chi connectivity index (χ0v) is 59.8. The van der Waals surface area contributed by atoms with Crippen molar-refractivity contribution in [1.29, 1.82) is 0 Å². The van der Waals surface area contributed by atoms with E-state index < -0.39 is 97.5 Å². The van der Waals surface area contributed by atoms with Gasteiger partial charge in [-0.25, -0.2) is 9.13 Å². The van der Waals surface area contributed by atoms with Crippen molar-refractivity contribution in [2.24, 2.45) is 23.7 Å². The largest absolute Gasteiger partial charge is 0.472 e. The van der Waals surface area contributed by atoms with Gasteiger partial charge in [-0.2, -0.15) is 0 Å². The number of hydrogen-bond donors (Lipinski definition) is 3. The van der Waals surface area contributed by atoms with Crippen LogP contribution in [0, 0.1) is 23.7 Å². The average molecular weight is 1310 g/mol. The molecule has 0 fully saturated rings. The Balaban J connectivity index is 5.22. The summed E-state index contributed by atoms with van der Waals surface area (Å²) < 4.78 is 68.2. The lowest BCUT2D eigenvalue weighted by Crippen LogP contribution is -2.30. The van der Waals surface area contributed by atoms with Gasteiger partial charge in [0.05, 0.1) is 26.4 Å². The zero-order chi connectivity index (χ0) is 66.1. The molecule has 89 heavy (non-hydrogen) atoms. The highest BCUT2D eigenvalue weighted by molar-refractivity contribution is 7.47. The first-order chi connectivity index (χ1) is 42.6. The highest BCUT2D eigenvalue weighted by Crippen LogP contribution is 2.45. The third-order valence-corrected chi connectivity index (χ3v) is 18.3. The van der Waals surface area contributed by atoms with Gasteiger partial charge in [0, 0.05) is 25.7 Å². The molecule has 0 aromatic rings. The summed E-state index contributed by atoms with van der Waals surface area (Å²) in [6, 6.07) is 0. The van der Waals surface area contributed by atoms with Crippen LogP contribution in [0.4, 0.5) is 0 Å². The third-order valence-electron chi connectivity index (χ3n) is 16.4. The summed E-state index contributed by atoms with van der Waals surface area (Å²) >= 11 is 0. The Kier molecular flexibility index (Phi) is 58.5. The van der Waals surface area contributed by atoms with Crippen LogP contribution in [-0.4, -0.2) is 96.7 Å². The number of carbonyl (C=O) groups excluding carboxylic acids is 4. The molecular weight excluding hydrogens is 1170 g/mol. The lowest BCUT2D eigenvalue weighted by atomic mass is 10.00. The van der Waals surface area contributed by atoms with E-state index in [9.17, 15) is 43.2 Å². The normalized spacial score (nSPS) is 14.6. The number of carbonyl (C=O) groups is 4. The van der Waals surface area contributed by atoms with Crippen molar-refractivity contribution >= 4 is 39.5 Å². The van der Waals surface area contributed by atoms with E-state index in [1.54, 1.807) is 0 Å². The van der Waals surface area contributed by atoms with Crippen molar-refractivity contribution in [3.05, 3.63) is 0 Å². The minimum absolute atomic E-state index is 0.104. The van der Waals surface area contributed by atoms with Crippen molar-refractivity contribution in [3.63, 3.8) is 0 Å². The lowest BCUT2D eigenvalue weighted by Gasteiger charge is -2.21. The number of ether oxygens (including phenoxy) is 4. The number of rotatable bonds is 67. The maximum Gasteiger partial charge on any atom is 0.472 e. The molecule has 19 heteroatoms. The van der Waals surface area contributed by atoms with E-state index in [1.807, 2.05) is 0 Å². The monoisotopic (exact) mass is 1310 g/mol. The Morgan fingerprint density at radius 2 is 0.539 bits per heavy atom. The van der Waals surface area contributed by atoms with E-state index in [1.165, 1.54) is 135 Å². The number of esters is 4. The van der Waals surface area contributed by atoms with E-state index in [4.69, 9.17) is 37.0 Å². The van der Waals surface area contributed by atoms with Crippen LogP contribution in [0.2, 0.25) is 0 Å². The van der Waals surface area contributed by atoms with E-state index in [0.29, 0.717) is 31.6 Å². The number of hydrogen-bond acceptors (Lipinski definition) is 15. The molecule has 3 N–H and O–H groups in total. The Labute approximate surface area is 543 Å². The van der Waals surface area contributed by atoms with Gasteiger partial charge < -0.3 is 33.8 Å². The van der Waals surface area contributed by atoms with Crippen molar-refractivity contribution in [2.75, 3.05) is 39.6 Å². The van der Waals surface area contributed by atoms with E-state index in [2.05, 4.69) is 55.4 Å². The van der Waals surface area contributed by atoms with Crippen molar-refractivity contribution in [3.8, 4) is 0 Å². The van der Waals surface area contributed by atoms with Crippen molar-refractivity contribution in [2.45, 2.75) is 363 Å². The lowest BCUT2D eigenvalue weighted by molar-refractivity contribution is -0.161. The second-order valence-electron chi connectivity index (χ2n) is 26.9. The summed E-state index contributed by atoms with van der Waals surface area (Å²) in [4.78, 5) is 72.5. The van der Waals surface area contributed by atoms with Crippen LogP contribution in [0.25, 0.3) is 0 Å².